The van der Waals surface area contributed by atoms with Crippen LogP contribution in [0.25, 0.3) is 0 Å². The van der Waals surface area contributed by atoms with Crippen molar-refractivity contribution in [3.63, 3.8) is 0 Å². The molecule has 1 heterocycles. The first kappa shape index (κ1) is 14.2. The number of rotatable bonds is 7. The van der Waals surface area contributed by atoms with Crippen molar-refractivity contribution in [3.8, 4) is 0 Å². The van der Waals surface area contributed by atoms with E-state index in [0.29, 0.717) is 19.8 Å². The fourth-order valence-electron chi connectivity index (χ4n) is 1.89. The van der Waals surface area contributed by atoms with Crippen LogP contribution in [-0.4, -0.2) is 38.3 Å². The summed E-state index contributed by atoms with van der Waals surface area (Å²) in [7, 11) is 0. The third-order valence-corrected chi connectivity index (χ3v) is 2.89. The van der Waals surface area contributed by atoms with Gasteiger partial charge in [0.2, 0.25) is 5.91 Å². The van der Waals surface area contributed by atoms with Gasteiger partial charge in [-0.1, -0.05) is 18.9 Å². The van der Waals surface area contributed by atoms with Crippen molar-refractivity contribution in [1.29, 1.82) is 0 Å². The Morgan fingerprint density at radius 2 is 2.29 bits per heavy atom. The lowest BCUT2D eigenvalue weighted by Gasteiger charge is -2.15. The molecule has 2 N–H and O–H groups in total. The zero-order chi connectivity index (χ0) is 12.3. The molecule has 0 radical (unpaired) electrons. The number of nitrogens with one attached hydrogen (secondary N) is 2. The summed E-state index contributed by atoms with van der Waals surface area (Å²) < 4.78 is 5.33. The number of carbonyl (C=O) groups is 1. The van der Waals surface area contributed by atoms with Crippen LogP contribution >= 0.6 is 0 Å². The Bertz CT molecular complexity index is 223. The van der Waals surface area contributed by atoms with E-state index in [9.17, 15) is 4.79 Å². The summed E-state index contributed by atoms with van der Waals surface area (Å²) in [4.78, 5) is 11.8. The minimum absolute atomic E-state index is 0.00863. The third kappa shape index (κ3) is 6.44. The van der Waals surface area contributed by atoms with E-state index in [1.54, 1.807) is 0 Å². The predicted molar refractivity (Wildman–Crippen MR) is 68.9 cm³/mol. The monoisotopic (exact) mass is 240 g/mol. The highest BCUT2D eigenvalue weighted by Crippen LogP contribution is 2.08. The van der Waals surface area contributed by atoms with Crippen molar-refractivity contribution in [2.75, 3.05) is 26.3 Å². The van der Waals surface area contributed by atoms with Crippen molar-refractivity contribution in [2.24, 2.45) is 0 Å². The molecule has 1 amide bonds. The maximum Gasteiger partial charge on any atom is 0.237 e. The third-order valence-electron chi connectivity index (χ3n) is 2.89. The summed E-state index contributed by atoms with van der Waals surface area (Å²) >= 11 is 0. The molecule has 0 spiro atoms. The lowest BCUT2D eigenvalue weighted by atomic mass is 10.1. The molecular weight excluding hydrogens is 216 g/mol. The molecule has 4 nitrogen and oxygen atoms in total. The molecule has 98 valence electrons. The number of amides is 1. The number of ether oxygens (including phenoxy) is 1. The standard InChI is InChI=1S/C13H24N2O2/c1-2-3-10-17-11-9-15-13(16)12-7-5-4-6-8-14-12/h2,12,14H,1,3-11H2,(H,15,16). The molecule has 1 unspecified atom stereocenters. The molecular formula is C13H24N2O2. The zero-order valence-electron chi connectivity index (χ0n) is 10.5. The van der Waals surface area contributed by atoms with Crippen LogP contribution in [0.1, 0.15) is 32.1 Å². The van der Waals surface area contributed by atoms with Crippen LogP contribution in [0.4, 0.5) is 0 Å². The van der Waals surface area contributed by atoms with E-state index >= 15 is 0 Å². The fourth-order valence-corrected chi connectivity index (χ4v) is 1.89. The largest absolute Gasteiger partial charge is 0.379 e. The molecule has 0 bridgehead atoms. The number of hydrogen-bond donors (Lipinski definition) is 2. The average molecular weight is 240 g/mol. The second-order valence-electron chi connectivity index (χ2n) is 4.34. The lowest BCUT2D eigenvalue weighted by Crippen LogP contribution is -2.44. The molecule has 17 heavy (non-hydrogen) atoms. The van der Waals surface area contributed by atoms with Gasteiger partial charge in [0, 0.05) is 6.54 Å². The summed E-state index contributed by atoms with van der Waals surface area (Å²) in [5, 5.41) is 6.18. The highest BCUT2D eigenvalue weighted by molar-refractivity contribution is 5.81. The fraction of sp³-hybridized carbons (Fsp3) is 0.769. The number of carbonyl (C=O) groups excluding carboxylic acids is 1. The van der Waals surface area contributed by atoms with Gasteiger partial charge in [0.15, 0.2) is 0 Å². The van der Waals surface area contributed by atoms with Gasteiger partial charge in [-0.2, -0.15) is 0 Å². The van der Waals surface area contributed by atoms with Crippen LogP contribution in [0, 0.1) is 0 Å². The van der Waals surface area contributed by atoms with Gasteiger partial charge < -0.3 is 15.4 Å². The molecule has 1 saturated heterocycles. The summed E-state index contributed by atoms with van der Waals surface area (Å²) in [6.07, 6.45) is 7.17. The van der Waals surface area contributed by atoms with Crippen molar-refractivity contribution >= 4 is 5.91 Å². The van der Waals surface area contributed by atoms with Gasteiger partial charge >= 0.3 is 0 Å². The Kier molecular flexibility index (Phi) is 7.67. The molecule has 0 saturated carbocycles. The molecule has 1 aliphatic heterocycles. The maximum absolute atomic E-state index is 11.8. The van der Waals surface area contributed by atoms with Gasteiger partial charge in [-0.05, 0) is 25.8 Å². The normalized spacial score (nSPS) is 20.6. The Hall–Kier alpha value is -0.870. The molecule has 1 atom stereocenters. The molecule has 0 aromatic carbocycles. The van der Waals surface area contributed by atoms with E-state index in [1.807, 2.05) is 6.08 Å². The quantitative estimate of drug-likeness (QED) is 0.520. The first-order valence-corrected chi connectivity index (χ1v) is 6.54. The Balaban J connectivity index is 2.05. The van der Waals surface area contributed by atoms with Gasteiger partial charge in [-0.3, -0.25) is 4.79 Å². The van der Waals surface area contributed by atoms with Crippen molar-refractivity contribution in [3.05, 3.63) is 12.7 Å². The number of hydrogen-bond acceptors (Lipinski definition) is 3. The highest BCUT2D eigenvalue weighted by atomic mass is 16.5. The first-order chi connectivity index (χ1) is 8.34. The van der Waals surface area contributed by atoms with Crippen LogP contribution in [0.2, 0.25) is 0 Å². The van der Waals surface area contributed by atoms with E-state index < -0.39 is 0 Å². The van der Waals surface area contributed by atoms with Crippen molar-refractivity contribution in [2.45, 2.75) is 38.1 Å². The topological polar surface area (TPSA) is 50.4 Å². The Morgan fingerprint density at radius 1 is 1.41 bits per heavy atom. The summed E-state index contributed by atoms with van der Waals surface area (Å²) in [6.45, 7) is 6.42. The summed E-state index contributed by atoms with van der Waals surface area (Å²) in [6, 6.07) is -0.00863. The van der Waals surface area contributed by atoms with Crippen molar-refractivity contribution in [1.82, 2.24) is 10.6 Å². The SMILES string of the molecule is C=CCCOCCNC(=O)C1CCCCCN1. The Labute approximate surface area is 104 Å². The summed E-state index contributed by atoms with van der Waals surface area (Å²) in [5.74, 6) is 0.110. The average Bonchev–Trinajstić information content (AvgIpc) is 2.62. The lowest BCUT2D eigenvalue weighted by molar-refractivity contribution is -0.123. The molecule has 0 aromatic rings. The zero-order valence-corrected chi connectivity index (χ0v) is 10.5. The minimum Gasteiger partial charge on any atom is -0.379 e. The Morgan fingerprint density at radius 3 is 3.12 bits per heavy atom. The van der Waals surface area contributed by atoms with Crippen LogP contribution in [-0.2, 0) is 9.53 Å². The molecule has 4 heteroatoms. The summed E-state index contributed by atoms with van der Waals surface area (Å²) in [5.41, 5.74) is 0. The van der Waals surface area contributed by atoms with E-state index in [1.165, 1.54) is 12.8 Å². The van der Waals surface area contributed by atoms with E-state index in [0.717, 1.165) is 25.8 Å². The smallest absolute Gasteiger partial charge is 0.237 e. The van der Waals surface area contributed by atoms with Gasteiger partial charge in [-0.25, -0.2) is 0 Å². The molecule has 1 rings (SSSR count). The second kappa shape index (κ2) is 9.19. The van der Waals surface area contributed by atoms with Crippen LogP contribution in [0.15, 0.2) is 12.7 Å². The van der Waals surface area contributed by atoms with Crippen LogP contribution in [0.5, 0.6) is 0 Å². The minimum atomic E-state index is -0.00863. The van der Waals surface area contributed by atoms with Gasteiger partial charge in [0.25, 0.3) is 0 Å². The molecule has 1 aliphatic rings. The van der Waals surface area contributed by atoms with Gasteiger partial charge in [0.05, 0.1) is 19.3 Å². The van der Waals surface area contributed by atoms with E-state index in [2.05, 4.69) is 17.2 Å². The van der Waals surface area contributed by atoms with Gasteiger partial charge in [0.1, 0.15) is 0 Å². The van der Waals surface area contributed by atoms with Crippen LogP contribution in [0.3, 0.4) is 0 Å². The second-order valence-corrected chi connectivity index (χ2v) is 4.34. The maximum atomic E-state index is 11.8. The van der Waals surface area contributed by atoms with Crippen LogP contribution < -0.4 is 10.6 Å². The van der Waals surface area contributed by atoms with E-state index in [4.69, 9.17) is 4.74 Å². The molecule has 0 aromatic heterocycles. The predicted octanol–water partition coefficient (Wildman–Crippen LogP) is 1.23. The molecule has 1 fully saturated rings. The van der Waals surface area contributed by atoms with Crippen molar-refractivity contribution < 1.29 is 9.53 Å². The highest BCUT2D eigenvalue weighted by Gasteiger charge is 2.18. The van der Waals surface area contributed by atoms with Gasteiger partial charge in [-0.15, -0.1) is 6.58 Å². The van der Waals surface area contributed by atoms with E-state index in [-0.39, 0.29) is 11.9 Å². The molecule has 0 aliphatic carbocycles. The first-order valence-electron chi connectivity index (χ1n) is 6.54.